The Morgan fingerprint density at radius 1 is 1.06 bits per heavy atom. The second-order valence-corrected chi connectivity index (χ2v) is 4.89. The quantitative estimate of drug-likeness (QED) is 0.791. The summed E-state index contributed by atoms with van der Waals surface area (Å²) in [6, 6.07) is 7.76. The molecular formula is C14H23NO2. The molecule has 0 heterocycles. The highest BCUT2D eigenvalue weighted by Gasteiger charge is 2.17. The molecule has 0 fully saturated rings. The molecule has 0 aliphatic heterocycles. The predicted octanol–water partition coefficient (Wildman–Crippen LogP) is 2.71. The number of ether oxygens (including phenoxy) is 2. The van der Waals surface area contributed by atoms with E-state index in [0.717, 1.165) is 18.0 Å². The van der Waals surface area contributed by atoms with Gasteiger partial charge in [0.15, 0.2) is 0 Å². The minimum Gasteiger partial charge on any atom is -0.494 e. The standard InChI is InChI=1S/C14H23NO2/c1-5-16-12-6-8-13(9-7-12)17-11-14(2,3)10-15-4/h6-9,15H,5,10-11H2,1-4H3. The molecule has 1 aromatic rings. The first-order valence-electron chi connectivity index (χ1n) is 6.07. The minimum atomic E-state index is 0.132. The van der Waals surface area contributed by atoms with Gasteiger partial charge in [-0.05, 0) is 38.2 Å². The van der Waals surface area contributed by atoms with Crippen LogP contribution >= 0.6 is 0 Å². The third kappa shape index (κ3) is 5.09. The van der Waals surface area contributed by atoms with Crippen LogP contribution in [0.25, 0.3) is 0 Å². The van der Waals surface area contributed by atoms with E-state index in [2.05, 4.69) is 19.2 Å². The first-order chi connectivity index (χ1) is 8.07. The molecule has 0 aliphatic carbocycles. The van der Waals surface area contributed by atoms with Crippen LogP contribution in [0.5, 0.6) is 11.5 Å². The van der Waals surface area contributed by atoms with Crippen molar-refractivity contribution < 1.29 is 9.47 Å². The molecule has 0 saturated carbocycles. The summed E-state index contributed by atoms with van der Waals surface area (Å²) in [6.07, 6.45) is 0. The van der Waals surface area contributed by atoms with Gasteiger partial charge >= 0.3 is 0 Å². The number of hydrogen-bond acceptors (Lipinski definition) is 3. The molecule has 3 nitrogen and oxygen atoms in total. The van der Waals surface area contributed by atoms with E-state index in [1.165, 1.54) is 0 Å². The zero-order valence-electron chi connectivity index (χ0n) is 11.2. The van der Waals surface area contributed by atoms with Crippen molar-refractivity contribution in [1.29, 1.82) is 0 Å². The maximum Gasteiger partial charge on any atom is 0.119 e. The Kier molecular flexibility index (Phi) is 5.29. The maximum absolute atomic E-state index is 5.76. The summed E-state index contributed by atoms with van der Waals surface area (Å²) in [7, 11) is 1.96. The van der Waals surface area contributed by atoms with Crippen LogP contribution in [0, 0.1) is 5.41 Å². The highest BCUT2D eigenvalue weighted by molar-refractivity contribution is 5.31. The van der Waals surface area contributed by atoms with Crippen molar-refractivity contribution in [3.05, 3.63) is 24.3 Å². The highest BCUT2D eigenvalue weighted by atomic mass is 16.5. The van der Waals surface area contributed by atoms with Gasteiger partial charge in [-0.3, -0.25) is 0 Å². The summed E-state index contributed by atoms with van der Waals surface area (Å²) in [6.45, 7) is 8.65. The van der Waals surface area contributed by atoms with Crippen LogP contribution in [0.3, 0.4) is 0 Å². The van der Waals surface area contributed by atoms with Gasteiger partial charge in [0.1, 0.15) is 11.5 Å². The van der Waals surface area contributed by atoms with Crippen LogP contribution in [-0.2, 0) is 0 Å². The van der Waals surface area contributed by atoms with E-state index in [9.17, 15) is 0 Å². The van der Waals surface area contributed by atoms with Crippen LogP contribution < -0.4 is 14.8 Å². The lowest BCUT2D eigenvalue weighted by atomic mass is 9.95. The largest absolute Gasteiger partial charge is 0.494 e. The summed E-state index contributed by atoms with van der Waals surface area (Å²) in [5.41, 5.74) is 0.132. The van der Waals surface area contributed by atoms with E-state index in [-0.39, 0.29) is 5.41 Å². The zero-order chi connectivity index (χ0) is 12.7. The van der Waals surface area contributed by atoms with Gasteiger partial charge in [-0.1, -0.05) is 13.8 Å². The SMILES string of the molecule is CCOc1ccc(OCC(C)(C)CNC)cc1. The topological polar surface area (TPSA) is 30.5 Å². The van der Waals surface area contributed by atoms with Gasteiger partial charge in [0.2, 0.25) is 0 Å². The van der Waals surface area contributed by atoms with E-state index in [1.54, 1.807) is 0 Å². The summed E-state index contributed by atoms with van der Waals surface area (Å²) >= 11 is 0. The van der Waals surface area contributed by atoms with Crippen molar-refractivity contribution in [2.45, 2.75) is 20.8 Å². The Hall–Kier alpha value is -1.22. The Balaban J connectivity index is 2.46. The highest BCUT2D eigenvalue weighted by Crippen LogP contribution is 2.20. The van der Waals surface area contributed by atoms with Gasteiger partial charge in [0, 0.05) is 12.0 Å². The van der Waals surface area contributed by atoms with Gasteiger partial charge in [-0.2, -0.15) is 0 Å². The van der Waals surface area contributed by atoms with Crippen LogP contribution in [0.15, 0.2) is 24.3 Å². The third-order valence-electron chi connectivity index (χ3n) is 2.42. The molecule has 0 atom stereocenters. The number of nitrogens with one attached hydrogen (secondary N) is 1. The number of benzene rings is 1. The smallest absolute Gasteiger partial charge is 0.119 e. The normalized spacial score (nSPS) is 11.3. The molecule has 0 saturated heterocycles. The Bertz CT molecular complexity index is 319. The molecule has 1 rings (SSSR count). The van der Waals surface area contributed by atoms with E-state index in [0.29, 0.717) is 13.2 Å². The van der Waals surface area contributed by atoms with Crippen LogP contribution in [0.1, 0.15) is 20.8 Å². The molecule has 0 spiro atoms. The molecular weight excluding hydrogens is 214 g/mol. The molecule has 0 aliphatic rings. The first-order valence-corrected chi connectivity index (χ1v) is 6.07. The lowest BCUT2D eigenvalue weighted by molar-refractivity contribution is 0.179. The summed E-state index contributed by atoms with van der Waals surface area (Å²) in [5, 5.41) is 3.17. The van der Waals surface area contributed by atoms with Crippen molar-refractivity contribution >= 4 is 0 Å². The molecule has 3 heteroatoms. The van der Waals surface area contributed by atoms with E-state index in [1.807, 2.05) is 38.2 Å². The van der Waals surface area contributed by atoms with Gasteiger partial charge < -0.3 is 14.8 Å². The fraction of sp³-hybridized carbons (Fsp3) is 0.571. The van der Waals surface area contributed by atoms with Gasteiger partial charge in [0.25, 0.3) is 0 Å². The lowest BCUT2D eigenvalue weighted by Crippen LogP contribution is -2.32. The minimum absolute atomic E-state index is 0.132. The fourth-order valence-corrected chi connectivity index (χ4v) is 1.61. The van der Waals surface area contributed by atoms with Crippen molar-refractivity contribution in [1.82, 2.24) is 5.32 Å². The fourth-order valence-electron chi connectivity index (χ4n) is 1.61. The second-order valence-electron chi connectivity index (χ2n) is 4.89. The first kappa shape index (κ1) is 13.8. The van der Waals surface area contributed by atoms with Crippen LogP contribution in [-0.4, -0.2) is 26.8 Å². The Morgan fingerprint density at radius 2 is 1.59 bits per heavy atom. The summed E-state index contributed by atoms with van der Waals surface area (Å²) in [5.74, 6) is 1.77. The number of hydrogen-bond donors (Lipinski definition) is 1. The van der Waals surface area contributed by atoms with E-state index in [4.69, 9.17) is 9.47 Å². The molecule has 0 bridgehead atoms. The average Bonchev–Trinajstić information content (AvgIpc) is 2.29. The van der Waals surface area contributed by atoms with Crippen LogP contribution in [0.4, 0.5) is 0 Å². The molecule has 0 unspecified atom stereocenters. The monoisotopic (exact) mass is 237 g/mol. The third-order valence-corrected chi connectivity index (χ3v) is 2.42. The lowest BCUT2D eigenvalue weighted by Gasteiger charge is -2.24. The maximum atomic E-state index is 5.76. The molecule has 96 valence electrons. The molecule has 1 N–H and O–H groups in total. The summed E-state index contributed by atoms with van der Waals surface area (Å²) in [4.78, 5) is 0. The molecule has 1 aromatic carbocycles. The van der Waals surface area contributed by atoms with E-state index >= 15 is 0 Å². The van der Waals surface area contributed by atoms with Crippen LogP contribution in [0.2, 0.25) is 0 Å². The van der Waals surface area contributed by atoms with Crippen molar-refractivity contribution in [3.63, 3.8) is 0 Å². The van der Waals surface area contributed by atoms with Crippen molar-refractivity contribution in [3.8, 4) is 11.5 Å². The molecule has 0 aromatic heterocycles. The Labute approximate surface area is 104 Å². The molecule has 0 amide bonds. The van der Waals surface area contributed by atoms with Gasteiger partial charge in [-0.25, -0.2) is 0 Å². The predicted molar refractivity (Wildman–Crippen MR) is 70.8 cm³/mol. The zero-order valence-corrected chi connectivity index (χ0v) is 11.2. The van der Waals surface area contributed by atoms with E-state index < -0.39 is 0 Å². The van der Waals surface area contributed by atoms with Crippen molar-refractivity contribution in [2.75, 3.05) is 26.8 Å². The van der Waals surface area contributed by atoms with Gasteiger partial charge in [-0.15, -0.1) is 0 Å². The van der Waals surface area contributed by atoms with Crippen molar-refractivity contribution in [2.24, 2.45) is 5.41 Å². The molecule has 0 radical (unpaired) electrons. The second kappa shape index (κ2) is 6.50. The number of rotatable bonds is 7. The summed E-state index contributed by atoms with van der Waals surface area (Å²) < 4.78 is 11.1. The Morgan fingerprint density at radius 3 is 2.06 bits per heavy atom. The van der Waals surface area contributed by atoms with Gasteiger partial charge in [0.05, 0.1) is 13.2 Å². The molecule has 17 heavy (non-hydrogen) atoms. The average molecular weight is 237 g/mol.